The topological polar surface area (TPSA) is 86.8 Å². The molecule has 174 valence electrons. The fourth-order valence-corrected chi connectivity index (χ4v) is 4.44. The van der Waals surface area contributed by atoms with Crippen molar-refractivity contribution >= 4 is 43.5 Å². The fraction of sp³-hybridized carbons (Fsp3) is 0.391. The number of sulfonamides is 1. The molecule has 0 aliphatic carbocycles. The molecule has 0 saturated heterocycles. The van der Waals surface area contributed by atoms with Crippen LogP contribution in [0.1, 0.15) is 25.8 Å². The second kappa shape index (κ2) is 12.0. The lowest BCUT2D eigenvalue weighted by Crippen LogP contribution is -2.52. The largest absolute Gasteiger partial charge is 0.354 e. The molecule has 1 atom stereocenters. The Morgan fingerprint density at radius 3 is 2.38 bits per heavy atom. The summed E-state index contributed by atoms with van der Waals surface area (Å²) in [4.78, 5) is 27.4. The summed E-state index contributed by atoms with van der Waals surface area (Å²) in [7, 11) is -3.73. The minimum atomic E-state index is -3.73. The van der Waals surface area contributed by atoms with Gasteiger partial charge in [-0.2, -0.15) is 0 Å². The van der Waals surface area contributed by atoms with Gasteiger partial charge in [-0.25, -0.2) is 8.42 Å². The van der Waals surface area contributed by atoms with Crippen LogP contribution in [-0.4, -0.2) is 57.1 Å². The Labute approximate surface area is 199 Å². The van der Waals surface area contributed by atoms with Crippen LogP contribution in [0.3, 0.4) is 0 Å². The van der Waals surface area contributed by atoms with E-state index in [0.717, 1.165) is 22.5 Å². The van der Waals surface area contributed by atoms with Crippen LogP contribution in [0, 0.1) is 0 Å². The zero-order valence-corrected chi connectivity index (χ0v) is 21.0. The van der Waals surface area contributed by atoms with Gasteiger partial charge in [-0.3, -0.25) is 13.9 Å². The third-order valence-electron chi connectivity index (χ3n) is 4.98. The predicted molar refractivity (Wildman–Crippen MR) is 131 cm³/mol. The van der Waals surface area contributed by atoms with E-state index in [1.54, 1.807) is 31.2 Å². The first-order valence-corrected chi connectivity index (χ1v) is 13.1. The first kappa shape index (κ1) is 25.9. The summed E-state index contributed by atoms with van der Waals surface area (Å²) < 4.78 is 26.7. The number of halogens is 1. The maximum Gasteiger partial charge on any atom is 0.244 e. The molecular formula is C23H30BrN3O4S. The Morgan fingerprint density at radius 2 is 1.78 bits per heavy atom. The molecule has 2 aromatic rings. The van der Waals surface area contributed by atoms with Gasteiger partial charge in [0.2, 0.25) is 21.8 Å². The van der Waals surface area contributed by atoms with Crippen LogP contribution in [0.4, 0.5) is 5.69 Å². The van der Waals surface area contributed by atoms with E-state index in [4.69, 9.17) is 0 Å². The molecule has 0 aliphatic heterocycles. The first-order chi connectivity index (χ1) is 15.1. The van der Waals surface area contributed by atoms with Crippen molar-refractivity contribution in [3.05, 3.63) is 64.6 Å². The Kier molecular flexibility index (Phi) is 9.71. The van der Waals surface area contributed by atoms with Crippen LogP contribution in [0.25, 0.3) is 0 Å². The number of hydrogen-bond acceptors (Lipinski definition) is 4. The monoisotopic (exact) mass is 523 g/mol. The predicted octanol–water partition coefficient (Wildman–Crippen LogP) is 3.20. The number of carbonyl (C=O) groups excluding carboxylic acids is 2. The van der Waals surface area contributed by atoms with Crippen molar-refractivity contribution in [3.63, 3.8) is 0 Å². The molecule has 0 bridgehead atoms. The molecule has 0 unspecified atom stereocenters. The maximum absolute atomic E-state index is 13.3. The molecule has 0 aromatic heterocycles. The van der Waals surface area contributed by atoms with Crippen molar-refractivity contribution < 1.29 is 18.0 Å². The summed E-state index contributed by atoms with van der Waals surface area (Å²) in [6, 6.07) is 15.7. The standard InChI is InChI=1S/C23H30BrN3O4S/c1-4-14-25-23(29)18(2)26(15-13-19-9-6-5-7-10-19)22(28)17-27(32(3,30)31)21-12-8-11-20(24)16-21/h5-12,16,18H,4,13-15,17H2,1-3H3,(H,25,29)/t18-/m1/s1. The highest BCUT2D eigenvalue weighted by Crippen LogP contribution is 2.22. The molecule has 0 fully saturated rings. The van der Waals surface area contributed by atoms with Gasteiger partial charge in [0.1, 0.15) is 12.6 Å². The van der Waals surface area contributed by atoms with Crippen molar-refractivity contribution in [1.82, 2.24) is 10.2 Å². The molecule has 2 rings (SSSR count). The number of nitrogens with zero attached hydrogens (tertiary/aromatic N) is 2. The van der Waals surface area contributed by atoms with Crippen LogP contribution >= 0.6 is 15.9 Å². The molecule has 2 amide bonds. The Bertz CT molecular complexity index is 1010. The molecule has 0 heterocycles. The molecule has 2 aromatic carbocycles. The number of amides is 2. The van der Waals surface area contributed by atoms with E-state index in [0.29, 0.717) is 29.7 Å². The van der Waals surface area contributed by atoms with E-state index in [-0.39, 0.29) is 5.91 Å². The normalized spacial score (nSPS) is 12.1. The van der Waals surface area contributed by atoms with E-state index in [1.807, 2.05) is 37.3 Å². The van der Waals surface area contributed by atoms with Gasteiger partial charge in [-0.05, 0) is 43.5 Å². The third-order valence-corrected chi connectivity index (χ3v) is 6.61. The number of carbonyl (C=O) groups is 2. The zero-order valence-electron chi connectivity index (χ0n) is 18.6. The molecular weight excluding hydrogens is 494 g/mol. The van der Waals surface area contributed by atoms with Gasteiger partial charge in [-0.1, -0.05) is 59.3 Å². The molecule has 1 N–H and O–H groups in total. The van der Waals surface area contributed by atoms with Gasteiger partial charge in [0.15, 0.2) is 0 Å². The number of nitrogens with one attached hydrogen (secondary N) is 1. The molecule has 7 nitrogen and oxygen atoms in total. The first-order valence-electron chi connectivity index (χ1n) is 10.5. The smallest absolute Gasteiger partial charge is 0.244 e. The molecule has 32 heavy (non-hydrogen) atoms. The van der Waals surface area contributed by atoms with E-state index in [1.165, 1.54) is 4.90 Å². The lowest BCUT2D eigenvalue weighted by molar-refractivity contribution is -0.138. The van der Waals surface area contributed by atoms with Gasteiger partial charge >= 0.3 is 0 Å². The number of anilines is 1. The SMILES string of the molecule is CCCNC(=O)[C@@H](C)N(CCc1ccccc1)C(=O)CN(c1cccc(Br)c1)S(C)(=O)=O. The van der Waals surface area contributed by atoms with E-state index < -0.39 is 28.5 Å². The van der Waals surface area contributed by atoms with E-state index >= 15 is 0 Å². The minimum absolute atomic E-state index is 0.262. The Morgan fingerprint density at radius 1 is 1.09 bits per heavy atom. The Hall–Kier alpha value is -2.39. The summed E-state index contributed by atoms with van der Waals surface area (Å²) in [5, 5.41) is 2.82. The van der Waals surface area contributed by atoms with Gasteiger partial charge < -0.3 is 10.2 Å². The summed E-state index contributed by atoms with van der Waals surface area (Å²) in [5.74, 6) is -0.702. The average Bonchev–Trinajstić information content (AvgIpc) is 2.75. The van der Waals surface area contributed by atoms with Crippen LogP contribution < -0.4 is 9.62 Å². The van der Waals surface area contributed by atoms with Gasteiger partial charge in [0.05, 0.1) is 11.9 Å². The Balaban J connectivity index is 2.28. The number of rotatable bonds is 11. The second-order valence-corrected chi connectivity index (χ2v) is 10.4. The average molecular weight is 524 g/mol. The van der Waals surface area contributed by atoms with E-state index in [2.05, 4.69) is 21.2 Å². The molecule has 0 saturated carbocycles. The zero-order chi connectivity index (χ0) is 23.7. The maximum atomic E-state index is 13.3. The van der Waals surface area contributed by atoms with Gasteiger partial charge in [-0.15, -0.1) is 0 Å². The van der Waals surface area contributed by atoms with Crippen molar-refractivity contribution in [2.24, 2.45) is 0 Å². The van der Waals surface area contributed by atoms with Crippen molar-refractivity contribution in [2.45, 2.75) is 32.7 Å². The third kappa shape index (κ3) is 7.63. The van der Waals surface area contributed by atoms with Crippen LogP contribution in [0.2, 0.25) is 0 Å². The van der Waals surface area contributed by atoms with Crippen LogP contribution in [-0.2, 0) is 26.0 Å². The molecule has 0 radical (unpaired) electrons. The van der Waals surface area contributed by atoms with Crippen molar-refractivity contribution in [3.8, 4) is 0 Å². The number of hydrogen-bond donors (Lipinski definition) is 1. The quantitative estimate of drug-likeness (QED) is 0.489. The summed E-state index contributed by atoms with van der Waals surface area (Å²) in [5.41, 5.74) is 1.40. The summed E-state index contributed by atoms with van der Waals surface area (Å²) in [6.45, 7) is 4.02. The fourth-order valence-electron chi connectivity index (χ4n) is 3.21. The minimum Gasteiger partial charge on any atom is -0.354 e. The van der Waals surface area contributed by atoms with Crippen LogP contribution in [0.15, 0.2) is 59.1 Å². The van der Waals surface area contributed by atoms with E-state index in [9.17, 15) is 18.0 Å². The summed E-state index contributed by atoms with van der Waals surface area (Å²) >= 11 is 3.34. The lowest BCUT2D eigenvalue weighted by Gasteiger charge is -2.31. The second-order valence-electron chi connectivity index (χ2n) is 7.54. The van der Waals surface area contributed by atoms with Crippen LogP contribution in [0.5, 0.6) is 0 Å². The summed E-state index contributed by atoms with van der Waals surface area (Å²) in [6.07, 6.45) is 2.39. The van der Waals surface area contributed by atoms with Crippen molar-refractivity contribution in [2.75, 3.05) is 30.2 Å². The molecule has 9 heteroatoms. The highest BCUT2D eigenvalue weighted by atomic mass is 79.9. The highest BCUT2D eigenvalue weighted by molar-refractivity contribution is 9.10. The van der Waals surface area contributed by atoms with Gasteiger partial charge in [0, 0.05) is 17.6 Å². The molecule has 0 spiro atoms. The van der Waals surface area contributed by atoms with Crippen molar-refractivity contribution in [1.29, 1.82) is 0 Å². The lowest BCUT2D eigenvalue weighted by atomic mass is 10.1. The molecule has 0 aliphatic rings. The highest BCUT2D eigenvalue weighted by Gasteiger charge is 2.29. The van der Waals surface area contributed by atoms with Gasteiger partial charge in [0.25, 0.3) is 0 Å². The number of benzene rings is 2.